The summed E-state index contributed by atoms with van der Waals surface area (Å²) >= 11 is 0. The number of carbonyl (C=O) groups excluding carboxylic acids is 3. The monoisotopic (exact) mass is 593 g/mol. The average molecular weight is 593 g/mol. The molecule has 4 rings (SSSR count). The number of benzene rings is 1. The third kappa shape index (κ3) is 4.72. The minimum absolute atomic E-state index is 0.458. The molecule has 3 aliphatic rings. The molecular weight excluding hydrogens is 568 g/mol. The number of alkyl halides is 6. The number of aliphatic hydroxyl groups excluding tert-OH is 2. The molecule has 7 N–H and O–H groups in total. The van der Waals surface area contributed by atoms with Gasteiger partial charge in [-0.25, -0.2) is 0 Å². The molecule has 16 heteroatoms. The number of Topliss-reactive ketones (excluding diaryl/α,β-unsaturated/α-hetero) is 2. The summed E-state index contributed by atoms with van der Waals surface area (Å²) in [6.07, 6.45) is -11.0. The van der Waals surface area contributed by atoms with Gasteiger partial charge in [0.25, 0.3) is 5.91 Å². The van der Waals surface area contributed by atoms with E-state index < -0.39 is 130 Å². The molecular formula is C25H25F6N3O7. The van der Waals surface area contributed by atoms with Gasteiger partial charge in [0.05, 0.1) is 23.7 Å². The van der Waals surface area contributed by atoms with E-state index in [1.54, 1.807) is 0 Å². The number of amides is 1. The van der Waals surface area contributed by atoms with Crippen LogP contribution in [0, 0.1) is 11.8 Å². The van der Waals surface area contributed by atoms with Gasteiger partial charge in [0.15, 0.2) is 11.4 Å². The van der Waals surface area contributed by atoms with Crippen LogP contribution in [0.3, 0.4) is 0 Å². The number of ketones is 2. The zero-order valence-electron chi connectivity index (χ0n) is 21.4. The predicted molar refractivity (Wildman–Crippen MR) is 127 cm³/mol. The van der Waals surface area contributed by atoms with Crippen molar-refractivity contribution < 1.29 is 61.2 Å². The number of fused-ring (bicyclic) bond motifs is 3. The summed E-state index contributed by atoms with van der Waals surface area (Å²) < 4.78 is 80.7. The van der Waals surface area contributed by atoms with E-state index in [4.69, 9.17) is 5.73 Å². The third-order valence-corrected chi connectivity index (χ3v) is 7.73. The summed E-state index contributed by atoms with van der Waals surface area (Å²) in [7, 11) is 2.71. The van der Waals surface area contributed by atoms with Crippen molar-refractivity contribution in [3.05, 3.63) is 45.2 Å². The number of nitrogens with two attached hydrogens (primary N) is 1. The Morgan fingerprint density at radius 3 is 2.27 bits per heavy atom. The van der Waals surface area contributed by atoms with Crippen LogP contribution in [0.2, 0.25) is 0 Å². The van der Waals surface area contributed by atoms with Crippen LogP contribution in [0.25, 0.3) is 5.76 Å². The number of phenols is 1. The van der Waals surface area contributed by atoms with E-state index in [2.05, 4.69) is 0 Å². The molecule has 4 atom stereocenters. The Kier molecular flexibility index (Phi) is 7.20. The summed E-state index contributed by atoms with van der Waals surface area (Å²) in [4.78, 5) is 40.0. The van der Waals surface area contributed by atoms with Gasteiger partial charge in [0.1, 0.15) is 22.8 Å². The van der Waals surface area contributed by atoms with Crippen molar-refractivity contribution in [3.63, 3.8) is 0 Å². The fourth-order valence-corrected chi connectivity index (χ4v) is 6.21. The summed E-state index contributed by atoms with van der Waals surface area (Å²) in [5.41, 5.74) is -3.18. The van der Waals surface area contributed by atoms with Gasteiger partial charge in [0, 0.05) is 18.0 Å². The largest absolute Gasteiger partial charge is 0.508 e. The highest BCUT2D eigenvalue weighted by Gasteiger charge is 2.64. The molecule has 1 fully saturated rings. The van der Waals surface area contributed by atoms with Crippen molar-refractivity contribution in [3.8, 4) is 5.75 Å². The first-order valence-corrected chi connectivity index (χ1v) is 12.1. The normalized spacial score (nSPS) is 26.7. The highest BCUT2D eigenvalue weighted by Crippen LogP contribution is 2.54. The molecule has 1 saturated carbocycles. The molecule has 0 heterocycles. The molecule has 41 heavy (non-hydrogen) atoms. The van der Waals surface area contributed by atoms with Gasteiger partial charge >= 0.3 is 12.4 Å². The zero-order chi connectivity index (χ0) is 31.0. The Morgan fingerprint density at radius 2 is 1.76 bits per heavy atom. The van der Waals surface area contributed by atoms with Crippen molar-refractivity contribution >= 4 is 23.2 Å². The first-order chi connectivity index (χ1) is 18.7. The fraction of sp³-hybridized carbons (Fsp3) is 0.480. The molecule has 224 valence electrons. The standard InChI is InChI=1S/C25H25F6N3O7/c1-34(2)17-11-4-8-3-10-14(12(35)5-9(16(10)25(29,30)31)6-33-7-23(26,27)28)18(36)13(8)20(38)24(11,41)21(39)15(19(17)37)22(32)40/h5,8,11,17,33,35-36,39,41H,3-4,6-7H2,1-2H3,(H2,32,40)/t8-,11-,17-,24-/m0/s1. The maximum Gasteiger partial charge on any atom is 0.417 e. The Labute approximate surface area is 227 Å². The van der Waals surface area contributed by atoms with Gasteiger partial charge in [-0.05, 0) is 50.0 Å². The highest BCUT2D eigenvalue weighted by molar-refractivity contribution is 6.24. The van der Waals surface area contributed by atoms with Gasteiger partial charge < -0.3 is 31.5 Å². The topological polar surface area (TPSA) is 173 Å². The number of hydrogen-bond donors (Lipinski definition) is 6. The van der Waals surface area contributed by atoms with Crippen molar-refractivity contribution in [2.24, 2.45) is 17.6 Å². The predicted octanol–water partition coefficient (Wildman–Crippen LogP) is 1.63. The summed E-state index contributed by atoms with van der Waals surface area (Å²) in [6, 6.07) is -0.933. The van der Waals surface area contributed by atoms with Gasteiger partial charge in [-0.3, -0.25) is 19.3 Å². The number of rotatable bonds is 5. The van der Waals surface area contributed by atoms with Crippen LogP contribution in [0.5, 0.6) is 5.75 Å². The molecule has 1 aromatic carbocycles. The van der Waals surface area contributed by atoms with Crippen molar-refractivity contribution in [1.82, 2.24) is 10.2 Å². The lowest BCUT2D eigenvalue weighted by atomic mass is 9.57. The number of phenolic OH excluding ortho intramolecular Hbond substituents is 1. The number of carbonyl (C=O) groups is 3. The lowest BCUT2D eigenvalue weighted by Crippen LogP contribution is -2.65. The Morgan fingerprint density at radius 1 is 1.15 bits per heavy atom. The highest BCUT2D eigenvalue weighted by atomic mass is 19.4. The maximum atomic E-state index is 14.3. The molecule has 0 radical (unpaired) electrons. The SMILES string of the molecule is CN(C)[C@@H]1C(=O)C(C(N)=O)=C(O)[C@@]2(O)C(=O)C3=C(O)c4c(O)cc(CNCC(F)(F)F)c(C(F)(F)F)c4C[C@H]3C[C@@H]12. The van der Waals surface area contributed by atoms with Crippen LogP contribution in [0.4, 0.5) is 26.3 Å². The van der Waals surface area contributed by atoms with Crippen LogP contribution in [0.1, 0.15) is 28.7 Å². The quantitative estimate of drug-likeness (QED) is 0.219. The van der Waals surface area contributed by atoms with E-state index >= 15 is 0 Å². The first kappa shape index (κ1) is 30.3. The van der Waals surface area contributed by atoms with Crippen molar-refractivity contribution in [2.75, 3.05) is 20.6 Å². The van der Waals surface area contributed by atoms with Gasteiger partial charge in [0.2, 0.25) is 5.78 Å². The second kappa shape index (κ2) is 9.73. The van der Waals surface area contributed by atoms with Gasteiger partial charge in [-0.1, -0.05) is 0 Å². The molecule has 1 amide bonds. The molecule has 0 spiro atoms. The van der Waals surface area contributed by atoms with Crippen LogP contribution in [-0.4, -0.2) is 81.3 Å². The number of aromatic hydroxyl groups is 1. The number of aliphatic hydroxyl groups is 3. The Hall–Kier alpha value is -3.63. The average Bonchev–Trinajstić information content (AvgIpc) is 2.79. The number of nitrogens with one attached hydrogen (secondary N) is 1. The second-order valence-corrected chi connectivity index (χ2v) is 10.5. The van der Waals surface area contributed by atoms with Gasteiger partial charge in [-0.2, -0.15) is 26.3 Å². The molecule has 10 nitrogen and oxygen atoms in total. The number of likely N-dealkylation sites (N-methyl/N-ethyl adjacent to an activating group) is 1. The van der Waals surface area contributed by atoms with E-state index in [-0.39, 0.29) is 0 Å². The minimum Gasteiger partial charge on any atom is -0.508 e. The van der Waals surface area contributed by atoms with E-state index in [9.17, 15) is 61.2 Å². The molecule has 0 aliphatic heterocycles. The zero-order valence-corrected chi connectivity index (χ0v) is 21.4. The van der Waals surface area contributed by atoms with Crippen LogP contribution in [0.15, 0.2) is 23.0 Å². The smallest absolute Gasteiger partial charge is 0.417 e. The third-order valence-electron chi connectivity index (χ3n) is 7.73. The summed E-state index contributed by atoms with van der Waals surface area (Å²) in [5.74, 6) is -10.2. The van der Waals surface area contributed by atoms with E-state index in [0.717, 1.165) is 0 Å². The number of primary amides is 1. The summed E-state index contributed by atoms with van der Waals surface area (Å²) in [5, 5.41) is 45.8. The number of hydrogen-bond acceptors (Lipinski definition) is 9. The lowest BCUT2D eigenvalue weighted by molar-refractivity contribution is -0.153. The van der Waals surface area contributed by atoms with E-state index in [1.165, 1.54) is 19.0 Å². The molecule has 0 unspecified atom stereocenters. The summed E-state index contributed by atoms with van der Waals surface area (Å²) in [6.45, 7) is -2.58. The first-order valence-electron chi connectivity index (χ1n) is 12.1. The van der Waals surface area contributed by atoms with Crippen molar-refractivity contribution in [2.45, 2.75) is 43.4 Å². The number of halogens is 6. The molecule has 0 saturated heterocycles. The lowest BCUT2D eigenvalue weighted by Gasteiger charge is -2.50. The van der Waals surface area contributed by atoms with E-state index in [0.29, 0.717) is 6.07 Å². The van der Waals surface area contributed by atoms with Crippen LogP contribution >= 0.6 is 0 Å². The van der Waals surface area contributed by atoms with Gasteiger partial charge in [-0.15, -0.1) is 0 Å². The Balaban J connectivity index is 1.93. The molecule has 0 bridgehead atoms. The van der Waals surface area contributed by atoms with Crippen LogP contribution in [-0.2, 0) is 33.5 Å². The Bertz CT molecular complexity index is 1420. The maximum absolute atomic E-state index is 14.3. The fourth-order valence-electron chi connectivity index (χ4n) is 6.21. The number of nitrogens with zero attached hydrogens (tertiary/aromatic N) is 1. The minimum atomic E-state index is -5.17. The molecule has 3 aliphatic carbocycles. The van der Waals surface area contributed by atoms with Crippen molar-refractivity contribution in [1.29, 1.82) is 0 Å². The van der Waals surface area contributed by atoms with E-state index in [1.807, 2.05) is 5.32 Å². The van der Waals surface area contributed by atoms with Crippen LogP contribution < -0.4 is 11.1 Å². The second-order valence-electron chi connectivity index (χ2n) is 10.5. The molecule has 1 aromatic rings. The molecule has 0 aromatic heterocycles.